The Bertz CT molecular complexity index is 447. The summed E-state index contributed by atoms with van der Waals surface area (Å²) in [4.78, 5) is 0. The summed E-state index contributed by atoms with van der Waals surface area (Å²) in [6.45, 7) is 7.50. The molecule has 2 saturated heterocycles. The molecule has 0 amide bonds. The Hall–Kier alpha value is 0.350. The summed E-state index contributed by atoms with van der Waals surface area (Å²) >= 11 is 4.30. The van der Waals surface area contributed by atoms with Crippen LogP contribution in [0.15, 0.2) is 16.8 Å². The van der Waals surface area contributed by atoms with Crippen molar-refractivity contribution >= 4 is 33.9 Å². The van der Waals surface area contributed by atoms with Crippen LogP contribution in [0.4, 0.5) is 0 Å². The second-order valence-corrected chi connectivity index (χ2v) is 8.62. The molecular formula is C15H21IO2S. The minimum Gasteiger partial charge on any atom is -0.370 e. The fraction of sp³-hybridized carbons (Fsp3) is 0.733. The van der Waals surface area contributed by atoms with Gasteiger partial charge in [0, 0.05) is 10.3 Å². The van der Waals surface area contributed by atoms with Gasteiger partial charge in [0.15, 0.2) is 0 Å². The molecule has 0 aromatic carbocycles. The molecule has 3 rings (SSSR count). The van der Waals surface area contributed by atoms with Crippen molar-refractivity contribution in [2.24, 2.45) is 5.92 Å². The second-order valence-electron chi connectivity index (χ2n) is 6.33. The summed E-state index contributed by atoms with van der Waals surface area (Å²) in [6.07, 6.45) is 2.39. The van der Waals surface area contributed by atoms with Gasteiger partial charge in [-0.2, -0.15) is 11.3 Å². The summed E-state index contributed by atoms with van der Waals surface area (Å²) < 4.78 is 13.3. The molecule has 4 atom stereocenters. The van der Waals surface area contributed by atoms with Crippen molar-refractivity contribution in [2.75, 3.05) is 0 Å². The van der Waals surface area contributed by atoms with Crippen molar-refractivity contribution in [3.8, 4) is 0 Å². The van der Waals surface area contributed by atoms with E-state index in [1.54, 1.807) is 11.3 Å². The zero-order valence-corrected chi connectivity index (χ0v) is 14.7. The van der Waals surface area contributed by atoms with Crippen molar-refractivity contribution in [2.45, 2.75) is 61.5 Å². The summed E-state index contributed by atoms with van der Waals surface area (Å²) in [7, 11) is 0. The molecule has 3 heterocycles. The average molecular weight is 392 g/mol. The first-order valence-electron chi connectivity index (χ1n) is 6.93. The minimum absolute atomic E-state index is 0.0224. The van der Waals surface area contributed by atoms with E-state index >= 15 is 0 Å². The van der Waals surface area contributed by atoms with Crippen LogP contribution in [0.2, 0.25) is 0 Å². The third-order valence-corrected chi connectivity index (χ3v) is 6.96. The monoisotopic (exact) mass is 392 g/mol. The molecule has 2 nitrogen and oxygen atoms in total. The molecule has 0 spiro atoms. The number of hydrogen-bond donors (Lipinski definition) is 0. The highest BCUT2D eigenvalue weighted by Gasteiger charge is 2.65. The van der Waals surface area contributed by atoms with Gasteiger partial charge < -0.3 is 9.47 Å². The molecule has 0 aliphatic carbocycles. The van der Waals surface area contributed by atoms with E-state index in [2.05, 4.69) is 60.2 Å². The van der Waals surface area contributed by atoms with Crippen LogP contribution >= 0.6 is 33.9 Å². The smallest absolute Gasteiger partial charge is 0.0935 e. The van der Waals surface area contributed by atoms with E-state index in [1.165, 1.54) is 5.56 Å². The van der Waals surface area contributed by atoms with Gasteiger partial charge in [-0.3, -0.25) is 0 Å². The lowest BCUT2D eigenvalue weighted by atomic mass is 9.75. The van der Waals surface area contributed by atoms with Crippen molar-refractivity contribution < 1.29 is 9.47 Å². The molecule has 2 aliphatic heterocycles. The van der Waals surface area contributed by atoms with E-state index in [-0.39, 0.29) is 17.3 Å². The standard InChI is InChI=1S/C15H21IO2S/c1-10(2)15-7-13(14(3,18-15)6-12(15)16)17-8-11-4-5-19-9-11/h4-5,9-10,12-13H,6-8H2,1-3H3. The second kappa shape index (κ2) is 4.97. The average Bonchev–Trinajstić information content (AvgIpc) is 2.98. The van der Waals surface area contributed by atoms with Crippen molar-refractivity contribution in [1.29, 1.82) is 0 Å². The number of thiophene rings is 1. The molecule has 0 saturated carbocycles. The maximum absolute atomic E-state index is 6.47. The fourth-order valence-electron chi connectivity index (χ4n) is 3.46. The van der Waals surface area contributed by atoms with E-state index in [9.17, 15) is 0 Å². The van der Waals surface area contributed by atoms with Gasteiger partial charge in [0.05, 0.1) is 23.9 Å². The Balaban J connectivity index is 1.72. The molecule has 4 heteroatoms. The van der Waals surface area contributed by atoms with Gasteiger partial charge in [0.25, 0.3) is 0 Å². The van der Waals surface area contributed by atoms with Crippen LogP contribution < -0.4 is 0 Å². The van der Waals surface area contributed by atoms with Crippen LogP contribution in [0.3, 0.4) is 0 Å². The first-order valence-corrected chi connectivity index (χ1v) is 9.12. The van der Waals surface area contributed by atoms with E-state index in [1.807, 2.05) is 0 Å². The van der Waals surface area contributed by atoms with Gasteiger partial charge in [-0.1, -0.05) is 36.4 Å². The number of halogens is 1. The van der Waals surface area contributed by atoms with Gasteiger partial charge in [0.2, 0.25) is 0 Å². The normalized spacial score (nSPS) is 41.3. The highest BCUT2D eigenvalue weighted by atomic mass is 127. The van der Waals surface area contributed by atoms with Crippen molar-refractivity contribution in [1.82, 2.24) is 0 Å². The maximum Gasteiger partial charge on any atom is 0.0935 e. The summed E-state index contributed by atoms with van der Waals surface area (Å²) in [5.74, 6) is 0.547. The number of rotatable bonds is 4. The van der Waals surface area contributed by atoms with Gasteiger partial charge >= 0.3 is 0 Å². The van der Waals surface area contributed by atoms with Crippen LogP contribution in [0.25, 0.3) is 0 Å². The molecule has 0 N–H and O–H groups in total. The Kier molecular flexibility index (Phi) is 3.74. The van der Waals surface area contributed by atoms with E-state index in [4.69, 9.17) is 9.47 Å². The predicted octanol–water partition coefficient (Wildman–Crippen LogP) is 4.41. The van der Waals surface area contributed by atoms with Crippen molar-refractivity contribution in [3.05, 3.63) is 22.4 Å². The van der Waals surface area contributed by atoms with Crippen LogP contribution in [0.5, 0.6) is 0 Å². The molecule has 2 aliphatic rings. The molecule has 1 aromatic rings. The minimum atomic E-state index is -0.0911. The van der Waals surface area contributed by atoms with E-state index < -0.39 is 0 Å². The third-order valence-electron chi connectivity index (χ3n) is 4.73. The van der Waals surface area contributed by atoms with Crippen LogP contribution in [-0.2, 0) is 16.1 Å². The van der Waals surface area contributed by atoms with Gasteiger partial charge in [-0.15, -0.1) is 0 Å². The zero-order chi connectivity index (χ0) is 13.7. The first-order chi connectivity index (χ1) is 8.96. The van der Waals surface area contributed by atoms with Gasteiger partial charge in [0.1, 0.15) is 0 Å². The zero-order valence-electron chi connectivity index (χ0n) is 11.7. The SMILES string of the molecule is CC(C)C12CC(OCc3ccsc3)C(C)(CC1I)O2. The Morgan fingerprint density at radius 2 is 2.32 bits per heavy atom. The van der Waals surface area contributed by atoms with Crippen LogP contribution in [-0.4, -0.2) is 21.2 Å². The highest BCUT2D eigenvalue weighted by molar-refractivity contribution is 14.1. The van der Waals surface area contributed by atoms with E-state index in [0.29, 0.717) is 16.4 Å². The quantitative estimate of drug-likeness (QED) is 0.558. The molecular weight excluding hydrogens is 371 g/mol. The summed E-state index contributed by atoms with van der Waals surface area (Å²) in [5.41, 5.74) is 1.21. The molecule has 106 valence electrons. The molecule has 0 radical (unpaired) electrons. The fourth-order valence-corrected chi connectivity index (χ4v) is 6.09. The van der Waals surface area contributed by atoms with Crippen LogP contribution in [0, 0.1) is 5.92 Å². The Labute approximate surface area is 133 Å². The summed E-state index contributed by atoms with van der Waals surface area (Å²) in [5, 5.41) is 4.27. The molecule has 2 bridgehead atoms. The first kappa shape index (κ1) is 14.3. The number of fused-ring (bicyclic) bond motifs is 2. The molecule has 19 heavy (non-hydrogen) atoms. The van der Waals surface area contributed by atoms with Crippen LogP contribution in [0.1, 0.15) is 39.2 Å². The Morgan fingerprint density at radius 1 is 1.53 bits per heavy atom. The summed E-state index contributed by atoms with van der Waals surface area (Å²) in [6, 6.07) is 2.14. The third kappa shape index (κ3) is 2.28. The topological polar surface area (TPSA) is 18.5 Å². The molecule has 1 aromatic heterocycles. The predicted molar refractivity (Wildman–Crippen MR) is 87.0 cm³/mol. The largest absolute Gasteiger partial charge is 0.370 e. The Morgan fingerprint density at radius 3 is 2.89 bits per heavy atom. The lowest BCUT2D eigenvalue weighted by Crippen LogP contribution is -2.44. The lowest BCUT2D eigenvalue weighted by molar-refractivity contribution is -0.0953. The van der Waals surface area contributed by atoms with Gasteiger partial charge in [-0.05, 0) is 41.7 Å². The molecule has 2 fully saturated rings. The molecule has 4 unspecified atom stereocenters. The van der Waals surface area contributed by atoms with E-state index in [0.717, 1.165) is 12.8 Å². The highest BCUT2D eigenvalue weighted by Crippen LogP contribution is 2.57. The van der Waals surface area contributed by atoms with Gasteiger partial charge in [-0.25, -0.2) is 0 Å². The number of hydrogen-bond acceptors (Lipinski definition) is 3. The van der Waals surface area contributed by atoms with Crippen molar-refractivity contribution in [3.63, 3.8) is 0 Å². The number of ether oxygens (including phenoxy) is 2. The number of alkyl halides is 1. The lowest BCUT2D eigenvalue weighted by Gasteiger charge is -2.35. The maximum atomic E-state index is 6.47.